The summed E-state index contributed by atoms with van der Waals surface area (Å²) >= 11 is 0. The van der Waals surface area contributed by atoms with Crippen LogP contribution in [-0.2, 0) is 30.2 Å². The van der Waals surface area contributed by atoms with Crippen molar-refractivity contribution < 1.29 is 46.2 Å². The fourth-order valence-electron chi connectivity index (χ4n) is 6.79. The summed E-state index contributed by atoms with van der Waals surface area (Å²) in [6.07, 6.45) is 17.4. The van der Waals surface area contributed by atoms with Crippen molar-refractivity contribution in [1.82, 2.24) is 0 Å². The summed E-state index contributed by atoms with van der Waals surface area (Å²) in [6.45, 7) is 2.61. The summed E-state index contributed by atoms with van der Waals surface area (Å²) in [5.74, 6) is 0. The van der Waals surface area contributed by atoms with Crippen LogP contribution in [0.15, 0.2) is 206 Å². The molecule has 11 heteroatoms. The van der Waals surface area contributed by atoms with E-state index in [4.69, 9.17) is 13.0 Å². The molecule has 0 spiro atoms. The normalized spacial score (nSPS) is 14.0. The van der Waals surface area contributed by atoms with Crippen LogP contribution in [0.4, 0.5) is 13.2 Å². The van der Waals surface area contributed by atoms with E-state index in [9.17, 15) is 13.2 Å². The minimum Gasteiger partial charge on any atom is -0.741 e. The second-order valence-electron chi connectivity index (χ2n) is 14.6. The Balaban J connectivity index is 0.000000405. The van der Waals surface area contributed by atoms with E-state index < -0.39 is 39.4 Å². The Morgan fingerprint density at radius 1 is 0.426 bits per heavy atom. The molecular weight excluding hydrogens is 1020 g/mol. The first-order valence-corrected chi connectivity index (χ1v) is 25.9. The van der Waals surface area contributed by atoms with Gasteiger partial charge in [-0.05, 0) is 105 Å². The van der Waals surface area contributed by atoms with Gasteiger partial charge in [0.25, 0.3) is 0 Å². The second-order valence-corrected chi connectivity index (χ2v) is 22.6. The van der Waals surface area contributed by atoms with E-state index in [0.29, 0.717) is 0 Å². The van der Waals surface area contributed by atoms with Crippen molar-refractivity contribution in [3.8, 4) is 0 Å². The molecule has 0 aromatic heterocycles. The van der Waals surface area contributed by atoms with Crippen molar-refractivity contribution in [1.29, 1.82) is 0 Å². The molecule has 0 amide bonds. The van der Waals surface area contributed by atoms with Gasteiger partial charge >= 0.3 is 5.51 Å². The van der Waals surface area contributed by atoms with Crippen LogP contribution in [0, 0.1) is 5.41 Å². The molecule has 1 aliphatic carbocycles. The zero-order valence-corrected chi connectivity index (χ0v) is 39.9. The maximum Gasteiger partial charge on any atom is 0.485 e. The van der Waals surface area contributed by atoms with E-state index in [-0.39, 0.29) is 25.5 Å². The maximum absolute atomic E-state index is 10.7. The van der Waals surface area contributed by atoms with Gasteiger partial charge in [-0.1, -0.05) is 213 Å². The first-order chi connectivity index (χ1) is 28.9. The van der Waals surface area contributed by atoms with Crippen LogP contribution in [0.3, 0.4) is 0 Å². The largest absolute Gasteiger partial charge is 0.741 e. The number of rotatable bonds is 12. The monoisotopic (exact) mass is 1070 g/mol. The van der Waals surface area contributed by atoms with E-state index in [2.05, 4.69) is 213 Å². The average Bonchev–Trinajstić information content (AvgIpc) is 3.25. The fraction of sp³-hybridized carbons (Fsp3) is 0.200. The van der Waals surface area contributed by atoms with Crippen molar-refractivity contribution in [2.45, 2.75) is 38.1 Å². The van der Waals surface area contributed by atoms with Gasteiger partial charge in [-0.25, -0.2) is 8.42 Å². The van der Waals surface area contributed by atoms with Gasteiger partial charge in [-0.15, -0.1) is 0 Å². The third-order valence-electron chi connectivity index (χ3n) is 9.64. The zero-order valence-electron chi connectivity index (χ0n) is 34.0. The smallest absolute Gasteiger partial charge is 0.485 e. The number of allylic oxidation sites excluding steroid dienone is 4. The van der Waals surface area contributed by atoms with Crippen LogP contribution in [0.2, 0.25) is 0 Å². The summed E-state index contributed by atoms with van der Waals surface area (Å²) in [7, 11) is -7.76. The quantitative estimate of drug-likeness (QED) is 0.0531. The zero-order chi connectivity index (χ0) is 42.7. The van der Waals surface area contributed by atoms with E-state index >= 15 is 0 Å². The van der Waals surface area contributed by atoms with Crippen molar-refractivity contribution in [2.75, 3.05) is 18.5 Å². The first kappa shape index (κ1) is 50.1. The molecular formula is C50H51F3IrO3P3S-. The molecule has 6 aromatic carbocycles. The van der Waals surface area contributed by atoms with E-state index in [1.165, 1.54) is 57.5 Å². The Bertz CT molecular complexity index is 1940. The van der Waals surface area contributed by atoms with Gasteiger partial charge in [0.15, 0.2) is 10.1 Å². The standard InChI is InChI=1S/C41H39P3.C8H12.CHF3O3S.Ir/c1-41(32-42(35-20-8-2-9-21-35)36-22-10-3-11-23-36,33-43(37-24-12-4-13-25-37)38-26-14-5-15-27-38)34-44(39-28-16-6-17-29-39)40-30-18-7-19-31-40;1-2-4-6-8-7-5-3-1;2-1(3,4)8(5,6)7;/h2-31H,32-34H2,1H3;1-2,7-8H,3-6H2;(H,5,6,7);/p-1/b;2-1-,8-7-;;. The predicted octanol–water partition coefficient (Wildman–Crippen LogP) is 11.1. The molecule has 0 aliphatic heterocycles. The van der Waals surface area contributed by atoms with Crippen LogP contribution in [0.25, 0.3) is 0 Å². The average molecular weight is 1070 g/mol. The van der Waals surface area contributed by atoms with Crippen molar-refractivity contribution in [3.63, 3.8) is 0 Å². The molecule has 0 heterocycles. The number of halogens is 3. The molecule has 3 nitrogen and oxygen atoms in total. The number of alkyl halides is 3. The van der Waals surface area contributed by atoms with Gasteiger partial charge in [0, 0.05) is 20.1 Å². The molecule has 0 atom stereocenters. The molecule has 1 radical (unpaired) electrons. The van der Waals surface area contributed by atoms with Crippen molar-refractivity contribution in [2.24, 2.45) is 5.41 Å². The fourth-order valence-corrected chi connectivity index (χ4v) is 15.5. The van der Waals surface area contributed by atoms with E-state index in [0.717, 1.165) is 18.5 Å². The number of hydrogen-bond acceptors (Lipinski definition) is 3. The maximum atomic E-state index is 10.7. The van der Waals surface area contributed by atoms with E-state index in [1.54, 1.807) is 0 Å². The summed E-state index contributed by atoms with van der Waals surface area (Å²) in [6, 6.07) is 67.7. The molecule has 7 rings (SSSR count). The Kier molecular flexibility index (Phi) is 21.0. The van der Waals surface area contributed by atoms with Gasteiger partial charge in [-0.2, -0.15) is 13.2 Å². The SMILES string of the molecule is C1=C\CC/C=C\CC/1.CC(CP(c1ccccc1)c1ccccc1)(CP(c1ccccc1)c1ccccc1)CP(c1ccccc1)c1ccccc1.O=S(=O)([O-])C(F)(F)F.[Ir]. The minimum atomic E-state index is -6.09. The van der Waals surface area contributed by atoms with Crippen molar-refractivity contribution in [3.05, 3.63) is 206 Å². The first-order valence-electron chi connectivity index (χ1n) is 19.9. The Labute approximate surface area is 378 Å². The molecule has 0 saturated carbocycles. The molecule has 61 heavy (non-hydrogen) atoms. The Morgan fingerprint density at radius 2 is 0.590 bits per heavy atom. The van der Waals surface area contributed by atoms with Gasteiger partial charge < -0.3 is 4.55 Å². The molecule has 0 N–H and O–H groups in total. The predicted molar refractivity (Wildman–Crippen MR) is 252 cm³/mol. The Morgan fingerprint density at radius 3 is 0.738 bits per heavy atom. The second kappa shape index (κ2) is 25.5. The molecule has 1 aliphatic rings. The van der Waals surface area contributed by atoms with Gasteiger partial charge in [0.2, 0.25) is 0 Å². The summed E-state index contributed by atoms with van der Waals surface area (Å²) in [5, 5.41) is 8.79. The van der Waals surface area contributed by atoms with Gasteiger partial charge in [-0.3, -0.25) is 0 Å². The van der Waals surface area contributed by atoms with Crippen LogP contribution in [-0.4, -0.2) is 37.0 Å². The molecule has 0 saturated heterocycles. The summed E-state index contributed by atoms with van der Waals surface area (Å²) in [5.41, 5.74) is -5.57. The summed E-state index contributed by atoms with van der Waals surface area (Å²) < 4.78 is 58.9. The number of benzene rings is 6. The van der Waals surface area contributed by atoms with Crippen LogP contribution in [0.1, 0.15) is 32.6 Å². The summed E-state index contributed by atoms with van der Waals surface area (Å²) in [4.78, 5) is 0. The van der Waals surface area contributed by atoms with Gasteiger partial charge in [0.05, 0.1) is 0 Å². The molecule has 0 fully saturated rings. The molecule has 6 aromatic rings. The van der Waals surface area contributed by atoms with Crippen LogP contribution >= 0.6 is 23.8 Å². The number of hydrogen-bond donors (Lipinski definition) is 0. The van der Waals surface area contributed by atoms with Gasteiger partial charge in [0.1, 0.15) is 0 Å². The molecule has 321 valence electrons. The third kappa shape index (κ3) is 16.6. The topological polar surface area (TPSA) is 57.2 Å². The minimum absolute atomic E-state index is 0. The molecule has 0 unspecified atom stereocenters. The third-order valence-corrected chi connectivity index (χ3v) is 19.0. The van der Waals surface area contributed by atoms with E-state index in [1.807, 2.05) is 0 Å². The van der Waals surface area contributed by atoms with Crippen molar-refractivity contribution >= 4 is 65.7 Å². The Hall–Kier alpha value is -3.56. The van der Waals surface area contributed by atoms with Crippen LogP contribution in [0.5, 0.6) is 0 Å². The molecule has 0 bridgehead atoms. The van der Waals surface area contributed by atoms with Crippen LogP contribution < -0.4 is 31.8 Å².